The number of hydrogen-bond donors (Lipinski definition) is 1. The lowest BCUT2D eigenvalue weighted by atomic mass is 10.1. The first-order chi connectivity index (χ1) is 16.1. The second-order valence-electron chi connectivity index (χ2n) is 7.21. The number of carbonyl (C=O) groups excluding carboxylic acids is 1. The van der Waals surface area contributed by atoms with Gasteiger partial charge in [-0.1, -0.05) is 25.1 Å². The molecule has 8 nitrogen and oxygen atoms in total. The van der Waals surface area contributed by atoms with Crippen LogP contribution in [0.25, 0.3) is 6.08 Å². The third-order valence-corrected chi connectivity index (χ3v) is 5.78. The summed E-state index contributed by atoms with van der Waals surface area (Å²) in [7, 11) is 1.61. The van der Waals surface area contributed by atoms with Crippen LogP contribution >= 0.6 is 11.8 Å². The molecule has 0 saturated heterocycles. The van der Waals surface area contributed by atoms with Crippen molar-refractivity contribution in [3.8, 4) is 17.2 Å². The Balaban J connectivity index is 1.34. The molecule has 170 valence electrons. The first kappa shape index (κ1) is 22.6. The maximum Gasteiger partial charge on any atom is 0.283 e. The fraction of sp³-hybridized carbons (Fsp3) is 0.250. The normalized spacial score (nSPS) is 16.4. The highest BCUT2D eigenvalue weighted by atomic mass is 32.2. The molecular formula is C24H24N4O4S. The lowest BCUT2D eigenvalue weighted by Gasteiger charge is -2.20. The zero-order valence-electron chi connectivity index (χ0n) is 18.4. The van der Waals surface area contributed by atoms with Crippen LogP contribution < -0.4 is 14.2 Å². The van der Waals surface area contributed by atoms with Crippen LogP contribution in [-0.2, 0) is 4.79 Å². The number of amides is 1. The third-order valence-electron chi connectivity index (χ3n) is 4.81. The number of amidine groups is 2. The monoisotopic (exact) mass is 464 g/mol. The van der Waals surface area contributed by atoms with Crippen molar-refractivity contribution in [3.05, 3.63) is 59.7 Å². The van der Waals surface area contributed by atoms with Crippen molar-refractivity contribution in [2.45, 2.75) is 19.8 Å². The van der Waals surface area contributed by atoms with Gasteiger partial charge in [-0.3, -0.25) is 10.2 Å². The molecule has 2 aromatic carbocycles. The number of hydrazone groups is 1. The Morgan fingerprint density at radius 1 is 1.06 bits per heavy atom. The van der Waals surface area contributed by atoms with E-state index in [9.17, 15) is 4.79 Å². The van der Waals surface area contributed by atoms with E-state index in [1.165, 1.54) is 16.8 Å². The highest BCUT2D eigenvalue weighted by Gasteiger charge is 2.35. The highest BCUT2D eigenvalue weighted by molar-refractivity contribution is 8.26. The minimum Gasteiger partial charge on any atom is -0.497 e. The number of ether oxygens (including phenoxy) is 3. The number of hydrogen-bond acceptors (Lipinski definition) is 7. The topological polar surface area (TPSA) is 96.6 Å². The first-order valence-corrected chi connectivity index (χ1v) is 11.4. The summed E-state index contributed by atoms with van der Waals surface area (Å²) in [5.41, 5.74) is 0.979. The predicted molar refractivity (Wildman–Crippen MR) is 130 cm³/mol. The zero-order valence-corrected chi connectivity index (χ0v) is 19.2. The molecule has 0 spiro atoms. The van der Waals surface area contributed by atoms with Gasteiger partial charge < -0.3 is 14.2 Å². The van der Waals surface area contributed by atoms with E-state index in [-0.39, 0.29) is 11.4 Å². The number of fused-ring (bicyclic) bond motifs is 1. The van der Waals surface area contributed by atoms with Gasteiger partial charge in [-0.2, -0.15) is 15.1 Å². The second kappa shape index (κ2) is 10.4. The van der Waals surface area contributed by atoms with E-state index >= 15 is 0 Å². The van der Waals surface area contributed by atoms with Crippen molar-refractivity contribution >= 4 is 39.8 Å². The molecule has 2 aliphatic rings. The van der Waals surface area contributed by atoms with Gasteiger partial charge in [0.2, 0.25) is 5.17 Å². The zero-order chi connectivity index (χ0) is 23.2. The Morgan fingerprint density at radius 2 is 1.79 bits per heavy atom. The summed E-state index contributed by atoms with van der Waals surface area (Å²) < 4.78 is 16.6. The largest absolute Gasteiger partial charge is 0.497 e. The summed E-state index contributed by atoms with van der Waals surface area (Å²) in [6, 6.07) is 14.7. The van der Waals surface area contributed by atoms with Crippen LogP contribution in [-0.4, -0.2) is 47.3 Å². The third kappa shape index (κ3) is 5.43. The number of rotatable bonds is 9. The van der Waals surface area contributed by atoms with Crippen LogP contribution in [0, 0.1) is 5.41 Å². The minimum atomic E-state index is -0.429. The number of nitrogens with zero attached hydrogens (tertiary/aromatic N) is 3. The smallest absolute Gasteiger partial charge is 0.283 e. The summed E-state index contributed by atoms with van der Waals surface area (Å²) in [5, 5.41) is 15.6. The van der Waals surface area contributed by atoms with Gasteiger partial charge in [-0.25, -0.2) is 0 Å². The lowest BCUT2D eigenvalue weighted by Crippen LogP contribution is -2.35. The summed E-state index contributed by atoms with van der Waals surface area (Å²) >= 11 is 1.35. The lowest BCUT2D eigenvalue weighted by molar-refractivity contribution is -0.114. The second-order valence-corrected chi connectivity index (χ2v) is 8.25. The summed E-state index contributed by atoms with van der Waals surface area (Å²) in [4.78, 5) is 16.6. The molecule has 0 aliphatic carbocycles. The minimum absolute atomic E-state index is 0.0404. The van der Waals surface area contributed by atoms with Crippen LogP contribution in [0.5, 0.6) is 17.2 Å². The molecular weight excluding hydrogens is 440 g/mol. The van der Waals surface area contributed by atoms with Crippen molar-refractivity contribution < 1.29 is 19.0 Å². The SMILES string of the molecule is CCCC1=NN2C(=N)C(=Cc3ccc(OCCOc4cccc(OC)c4)cc3)C(=O)N=C2S1. The van der Waals surface area contributed by atoms with Crippen molar-refractivity contribution in [2.75, 3.05) is 20.3 Å². The Kier molecular flexibility index (Phi) is 7.09. The molecule has 0 fully saturated rings. The van der Waals surface area contributed by atoms with E-state index in [0.29, 0.717) is 29.9 Å². The van der Waals surface area contributed by atoms with E-state index in [1.807, 2.05) is 48.5 Å². The summed E-state index contributed by atoms with van der Waals surface area (Å²) in [6.07, 6.45) is 3.39. The van der Waals surface area contributed by atoms with E-state index in [1.54, 1.807) is 13.2 Å². The van der Waals surface area contributed by atoms with Gasteiger partial charge >= 0.3 is 0 Å². The van der Waals surface area contributed by atoms with Crippen LogP contribution in [0.4, 0.5) is 0 Å². The highest BCUT2D eigenvalue weighted by Crippen LogP contribution is 2.30. The number of aliphatic imine (C=N–C) groups is 1. The van der Waals surface area contributed by atoms with E-state index < -0.39 is 5.91 Å². The van der Waals surface area contributed by atoms with Gasteiger partial charge in [-0.15, -0.1) is 0 Å². The van der Waals surface area contributed by atoms with Gasteiger partial charge in [-0.05, 0) is 60.5 Å². The molecule has 0 saturated carbocycles. The Bertz CT molecular complexity index is 1140. The van der Waals surface area contributed by atoms with Crippen LogP contribution in [0.1, 0.15) is 25.3 Å². The number of benzene rings is 2. The fourth-order valence-corrected chi connectivity index (χ4v) is 4.17. The quantitative estimate of drug-likeness (QED) is 0.431. The molecule has 0 radical (unpaired) electrons. The molecule has 1 amide bonds. The molecule has 9 heteroatoms. The predicted octanol–water partition coefficient (Wildman–Crippen LogP) is 4.57. The van der Waals surface area contributed by atoms with Gasteiger partial charge in [0.25, 0.3) is 5.91 Å². The maximum absolute atomic E-state index is 12.5. The number of nitrogens with one attached hydrogen (secondary N) is 1. The Labute approximate surface area is 196 Å². The van der Waals surface area contributed by atoms with Crippen LogP contribution in [0.15, 0.2) is 64.2 Å². The number of methoxy groups -OCH3 is 1. The van der Waals surface area contributed by atoms with Crippen molar-refractivity contribution in [3.63, 3.8) is 0 Å². The number of thioether (sulfide) groups is 1. The summed E-state index contributed by atoms with van der Waals surface area (Å²) in [6.45, 7) is 2.83. The van der Waals surface area contributed by atoms with Gasteiger partial charge in [0, 0.05) is 6.07 Å². The molecule has 0 unspecified atom stereocenters. The average molecular weight is 465 g/mol. The van der Waals surface area contributed by atoms with Crippen molar-refractivity contribution in [2.24, 2.45) is 10.1 Å². The maximum atomic E-state index is 12.5. The molecule has 0 bridgehead atoms. The summed E-state index contributed by atoms with van der Waals surface area (Å²) in [5.74, 6) is 1.75. The first-order valence-electron chi connectivity index (χ1n) is 10.6. The van der Waals surface area contributed by atoms with Gasteiger partial charge in [0.15, 0.2) is 5.84 Å². The van der Waals surface area contributed by atoms with Crippen LogP contribution in [0.2, 0.25) is 0 Å². The molecule has 2 aromatic rings. The Morgan fingerprint density at radius 3 is 2.52 bits per heavy atom. The van der Waals surface area contributed by atoms with Crippen molar-refractivity contribution in [1.29, 1.82) is 5.41 Å². The molecule has 2 heterocycles. The van der Waals surface area contributed by atoms with Crippen molar-refractivity contribution in [1.82, 2.24) is 5.01 Å². The standard InChI is InChI=1S/C24H24N4O4S/c1-3-5-21-27-28-22(25)20(23(29)26-24(28)33-21)14-16-8-10-17(11-9-16)31-12-13-32-19-7-4-6-18(15-19)30-2/h4,6-11,14-15,25H,3,5,12-13H2,1-2H3. The molecule has 4 rings (SSSR count). The molecule has 33 heavy (non-hydrogen) atoms. The van der Waals surface area contributed by atoms with Crippen LogP contribution in [0.3, 0.4) is 0 Å². The van der Waals surface area contributed by atoms with Gasteiger partial charge in [0.1, 0.15) is 35.5 Å². The van der Waals surface area contributed by atoms with E-state index in [4.69, 9.17) is 19.6 Å². The molecule has 0 atom stereocenters. The van der Waals surface area contributed by atoms with E-state index in [0.717, 1.165) is 29.2 Å². The molecule has 1 N–H and O–H groups in total. The average Bonchev–Trinajstić information content (AvgIpc) is 3.23. The van der Waals surface area contributed by atoms with E-state index in [2.05, 4.69) is 17.0 Å². The molecule has 2 aliphatic heterocycles. The fourth-order valence-electron chi connectivity index (χ4n) is 3.18. The molecule has 0 aromatic heterocycles. The van der Waals surface area contributed by atoms with Gasteiger partial charge in [0.05, 0.1) is 12.7 Å². The number of carbonyl (C=O) groups is 1. The Hall–Kier alpha value is -3.59.